The van der Waals surface area contributed by atoms with Gasteiger partial charge in [-0.1, -0.05) is 13.0 Å². The predicted octanol–water partition coefficient (Wildman–Crippen LogP) is 1.30. The van der Waals surface area contributed by atoms with E-state index in [2.05, 4.69) is 15.3 Å². The average Bonchev–Trinajstić information content (AvgIpc) is 2.63. The fraction of sp³-hybridized carbons (Fsp3) is 0.389. The number of nitrogens with zero attached hydrogens (tertiary/aromatic N) is 1. The van der Waals surface area contributed by atoms with E-state index in [-0.39, 0.29) is 23.6 Å². The summed E-state index contributed by atoms with van der Waals surface area (Å²) in [5, 5.41) is 2.91. The molecule has 0 aliphatic carbocycles. The number of carbonyl (C=O) groups excluding carboxylic acids is 1. The summed E-state index contributed by atoms with van der Waals surface area (Å²) in [6, 6.07) is 8.11. The molecule has 1 aliphatic rings. The van der Waals surface area contributed by atoms with Crippen LogP contribution >= 0.6 is 0 Å². The Kier molecular flexibility index (Phi) is 5.45. The van der Waals surface area contributed by atoms with Gasteiger partial charge >= 0.3 is 0 Å². The summed E-state index contributed by atoms with van der Waals surface area (Å²) < 4.78 is 11.4. The Morgan fingerprint density at radius 1 is 1.44 bits per heavy atom. The van der Waals surface area contributed by atoms with Crippen LogP contribution < -0.4 is 15.6 Å². The summed E-state index contributed by atoms with van der Waals surface area (Å²) in [6.07, 6.45) is 2.72. The first-order valence-electron chi connectivity index (χ1n) is 8.35. The Hall–Kier alpha value is -2.67. The van der Waals surface area contributed by atoms with Gasteiger partial charge in [0, 0.05) is 36.0 Å². The van der Waals surface area contributed by atoms with E-state index in [1.54, 1.807) is 18.3 Å². The van der Waals surface area contributed by atoms with Gasteiger partial charge in [0.25, 0.3) is 5.91 Å². The van der Waals surface area contributed by atoms with E-state index >= 15 is 0 Å². The Balaban J connectivity index is 1.72. The number of aryl methyl sites for hydroxylation is 1. The quantitative estimate of drug-likeness (QED) is 0.853. The van der Waals surface area contributed by atoms with E-state index in [0.717, 1.165) is 5.69 Å². The van der Waals surface area contributed by atoms with Crippen molar-refractivity contribution in [2.24, 2.45) is 0 Å². The summed E-state index contributed by atoms with van der Waals surface area (Å²) in [7, 11) is 0. The van der Waals surface area contributed by atoms with Crippen LogP contribution in [0.3, 0.4) is 0 Å². The Morgan fingerprint density at radius 3 is 3.08 bits per heavy atom. The second-order valence-corrected chi connectivity index (χ2v) is 5.88. The zero-order chi connectivity index (χ0) is 17.6. The topological polar surface area (TPSA) is 93.3 Å². The van der Waals surface area contributed by atoms with Gasteiger partial charge in [-0.25, -0.2) is 4.98 Å². The molecule has 25 heavy (non-hydrogen) atoms. The predicted molar refractivity (Wildman–Crippen MR) is 91.8 cm³/mol. The molecule has 7 nitrogen and oxygen atoms in total. The molecule has 2 N–H and O–H groups in total. The van der Waals surface area contributed by atoms with Crippen molar-refractivity contribution < 1.29 is 14.3 Å². The fourth-order valence-electron chi connectivity index (χ4n) is 2.74. The highest BCUT2D eigenvalue weighted by molar-refractivity contribution is 5.94. The van der Waals surface area contributed by atoms with Crippen molar-refractivity contribution in [3.8, 4) is 5.88 Å². The zero-order valence-electron chi connectivity index (χ0n) is 14.0. The molecule has 3 heterocycles. The van der Waals surface area contributed by atoms with Gasteiger partial charge in [0.05, 0.1) is 19.3 Å². The summed E-state index contributed by atoms with van der Waals surface area (Å²) in [4.78, 5) is 31.1. The van der Waals surface area contributed by atoms with Gasteiger partial charge in [0.15, 0.2) is 0 Å². The summed E-state index contributed by atoms with van der Waals surface area (Å²) in [6.45, 7) is 2.83. The minimum absolute atomic E-state index is 0.236. The number of nitrogens with one attached hydrogen (secondary N) is 2. The van der Waals surface area contributed by atoms with Gasteiger partial charge in [-0.15, -0.1) is 0 Å². The van der Waals surface area contributed by atoms with Gasteiger partial charge in [-0.05, 0) is 18.6 Å². The lowest BCUT2D eigenvalue weighted by molar-refractivity contribution is -0.00448. The van der Waals surface area contributed by atoms with Crippen molar-refractivity contribution in [1.29, 1.82) is 0 Å². The molecule has 0 radical (unpaired) electrons. The van der Waals surface area contributed by atoms with E-state index in [1.165, 1.54) is 6.07 Å². The van der Waals surface area contributed by atoms with Crippen molar-refractivity contribution in [1.82, 2.24) is 15.3 Å². The number of H-pyrrole nitrogens is 1. The standard InChI is InChI=1S/C18H21N3O4/c1-2-13-9-12(10-16(22)20-13)18(23)21-14-11-24-8-6-15(14)25-17-5-3-4-7-19-17/h3-5,7,9-10,14-15H,2,6,8,11H2,1H3,(H,20,22)(H,21,23)/t14-,15-/m1/s1. The van der Waals surface area contributed by atoms with Crippen LogP contribution in [0.1, 0.15) is 29.4 Å². The zero-order valence-corrected chi connectivity index (χ0v) is 14.0. The van der Waals surface area contributed by atoms with Crippen molar-refractivity contribution in [2.45, 2.75) is 31.9 Å². The van der Waals surface area contributed by atoms with E-state index in [4.69, 9.17) is 9.47 Å². The molecule has 0 unspecified atom stereocenters. The molecule has 1 aliphatic heterocycles. The first kappa shape index (κ1) is 17.2. The number of carbonyl (C=O) groups is 1. The average molecular weight is 343 g/mol. The van der Waals surface area contributed by atoms with Crippen LogP contribution in [0.2, 0.25) is 0 Å². The van der Waals surface area contributed by atoms with Gasteiger partial charge in [0.2, 0.25) is 11.4 Å². The molecule has 3 rings (SSSR count). The molecule has 0 spiro atoms. The lowest BCUT2D eigenvalue weighted by Crippen LogP contribution is -2.52. The third kappa shape index (κ3) is 4.45. The smallest absolute Gasteiger partial charge is 0.251 e. The lowest BCUT2D eigenvalue weighted by Gasteiger charge is -2.32. The summed E-state index contributed by atoms with van der Waals surface area (Å²) >= 11 is 0. The molecule has 2 aromatic heterocycles. The summed E-state index contributed by atoms with van der Waals surface area (Å²) in [5.41, 5.74) is 0.771. The first-order chi connectivity index (χ1) is 12.2. The highest BCUT2D eigenvalue weighted by atomic mass is 16.5. The monoisotopic (exact) mass is 343 g/mol. The van der Waals surface area contributed by atoms with Crippen LogP contribution in [0.25, 0.3) is 0 Å². The van der Waals surface area contributed by atoms with E-state index in [9.17, 15) is 9.59 Å². The van der Waals surface area contributed by atoms with Gasteiger partial charge in [-0.3, -0.25) is 9.59 Å². The number of pyridine rings is 2. The third-order valence-electron chi connectivity index (χ3n) is 4.06. The molecular formula is C18H21N3O4. The molecule has 2 atom stereocenters. The highest BCUT2D eigenvalue weighted by Gasteiger charge is 2.29. The van der Waals surface area contributed by atoms with Crippen LogP contribution in [-0.4, -0.2) is 41.2 Å². The third-order valence-corrected chi connectivity index (χ3v) is 4.06. The molecule has 0 aromatic carbocycles. The van der Waals surface area contributed by atoms with Gasteiger partial charge in [-0.2, -0.15) is 0 Å². The molecule has 0 saturated carbocycles. The second-order valence-electron chi connectivity index (χ2n) is 5.88. The van der Waals surface area contributed by atoms with Crippen molar-refractivity contribution in [2.75, 3.05) is 13.2 Å². The Bertz CT molecular complexity index is 775. The van der Waals surface area contributed by atoms with Crippen LogP contribution in [0.15, 0.2) is 41.3 Å². The van der Waals surface area contributed by atoms with Gasteiger partial charge < -0.3 is 19.8 Å². The van der Waals surface area contributed by atoms with Crippen molar-refractivity contribution in [3.05, 3.63) is 58.1 Å². The molecule has 0 bridgehead atoms. The maximum Gasteiger partial charge on any atom is 0.251 e. The molecule has 7 heteroatoms. The molecule has 2 aromatic rings. The Morgan fingerprint density at radius 2 is 2.32 bits per heavy atom. The number of aromatic amines is 1. The number of hydrogen-bond acceptors (Lipinski definition) is 5. The van der Waals surface area contributed by atoms with Crippen LogP contribution in [0.5, 0.6) is 5.88 Å². The lowest BCUT2D eigenvalue weighted by atomic mass is 10.1. The second kappa shape index (κ2) is 7.94. The molecular weight excluding hydrogens is 322 g/mol. The molecule has 1 fully saturated rings. The number of amides is 1. The fourth-order valence-corrected chi connectivity index (χ4v) is 2.74. The van der Waals surface area contributed by atoms with Crippen molar-refractivity contribution >= 4 is 5.91 Å². The van der Waals surface area contributed by atoms with E-state index < -0.39 is 0 Å². The normalized spacial score (nSPS) is 20.0. The minimum atomic E-state index is -0.314. The highest BCUT2D eigenvalue weighted by Crippen LogP contribution is 2.16. The van der Waals surface area contributed by atoms with Crippen LogP contribution in [-0.2, 0) is 11.2 Å². The van der Waals surface area contributed by atoms with E-state index in [1.807, 2.05) is 19.1 Å². The van der Waals surface area contributed by atoms with Crippen LogP contribution in [0, 0.1) is 0 Å². The number of hydrogen-bond donors (Lipinski definition) is 2. The first-order valence-corrected chi connectivity index (χ1v) is 8.35. The molecule has 1 saturated heterocycles. The summed E-state index contributed by atoms with van der Waals surface area (Å²) in [5.74, 6) is 0.198. The molecule has 1 amide bonds. The van der Waals surface area contributed by atoms with Crippen molar-refractivity contribution in [3.63, 3.8) is 0 Å². The number of rotatable bonds is 5. The number of aromatic nitrogens is 2. The molecule has 132 valence electrons. The maximum absolute atomic E-state index is 12.5. The number of ether oxygens (including phenoxy) is 2. The minimum Gasteiger partial charge on any atom is -0.472 e. The van der Waals surface area contributed by atoms with Crippen LogP contribution in [0.4, 0.5) is 0 Å². The SMILES string of the molecule is CCc1cc(C(=O)N[C@@H]2COCC[C@H]2Oc2ccccn2)cc(=O)[nH]1. The van der Waals surface area contributed by atoms with Gasteiger partial charge in [0.1, 0.15) is 6.10 Å². The van der Waals surface area contributed by atoms with E-state index in [0.29, 0.717) is 37.5 Å². The maximum atomic E-state index is 12.5. The Labute approximate surface area is 145 Å². The largest absolute Gasteiger partial charge is 0.472 e.